The van der Waals surface area contributed by atoms with E-state index in [9.17, 15) is 18.4 Å². The molecule has 10 nitrogen and oxygen atoms in total. The molecule has 2 N–H and O–H groups in total. The van der Waals surface area contributed by atoms with Crippen molar-refractivity contribution < 1.29 is 23.0 Å². The van der Waals surface area contributed by atoms with Gasteiger partial charge in [-0.15, -0.1) is 8.78 Å². The largest absolute Gasteiger partial charge is 0.586 e. The molecule has 0 radical (unpaired) electrons. The second kappa shape index (κ2) is 8.40. The normalized spacial score (nSPS) is 22.4. The van der Waals surface area contributed by atoms with Crippen molar-refractivity contribution in [1.82, 2.24) is 24.6 Å². The maximum atomic E-state index is 13.7. The Kier molecular flexibility index (Phi) is 4.94. The van der Waals surface area contributed by atoms with E-state index in [0.29, 0.717) is 64.0 Å². The van der Waals surface area contributed by atoms with Crippen LogP contribution in [0.4, 0.5) is 8.78 Å². The van der Waals surface area contributed by atoms with E-state index in [1.165, 1.54) is 12.1 Å². The molecule has 6 bridgehead atoms. The number of benzene rings is 3. The second-order valence-corrected chi connectivity index (χ2v) is 10.7. The lowest BCUT2D eigenvalue weighted by molar-refractivity contribution is -0.286. The third kappa shape index (κ3) is 3.81. The molecule has 8 rings (SSSR count). The number of fused-ring (bicyclic) bond motifs is 6. The van der Waals surface area contributed by atoms with Gasteiger partial charge in [0.1, 0.15) is 23.1 Å². The fourth-order valence-corrected chi connectivity index (χ4v) is 6.12. The highest BCUT2D eigenvalue weighted by molar-refractivity contribution is 5.94. The van der Waals surface area contributed by atoms with E-state index in [-0.39, 0.29) is 34.9 Å². The zero-order chi connectivity index (χ0) is 28.0. The van der Waals surface area contributed by atoms with Crippen molar-refractivity contribution in [2.24, 2.45) is 0 Å². The Balaban J connectivity index is 1.35. The van der Waals surface area contributed by atoms with Crippen LogP contribution in [0.15, 0.2) is 58.1 Å². The average Bonchev–Trinajstić information content (AvgIpc) is 3.56. The summed E-state index contributed by atoms with van der Waals surface area (Å²) in [5.74, 6) is 0.311. The number of hydrogen-bond acceptors (Lipinski definition) is 7. The predicted molar refractivity (Wildman–Crippen MR) is 146 cm³/mol. The smallest absolute Gasteiger partial charge is 0.487 e. The number of H-pyrrole nitrogens is 2. The highest BCUT2D eigenvalue weighted by Gasteiger charge is 2.43. The van der Waals surface area contributed by atoms with Crippen LogP contribution in [0.25, 0.3) is 44.3 Å². The van der Waals surface area contributed by atoms with Crippen molar-refractivity contribution in [3.05, 3.63) is 69.2 Å². The highest BCUT2D eigenvalue weighted by Crippen LogP contribution is 2.44. The number of alkyl halides is 2. The van der Waals surface area contributed by atoms with E-state index in [1.54, 1.807) is 41.1 Å². The van der Waals surface area contributed by atoms with Crippen LogP contribution in [0.5, 0.6) is 17.2 Å². The van der Waals surface area contributed by atoms with Gasteiger partial charge in [0.25, 0.3) is 11.1 Å². The molecule has 41 heavy (non-hydrogen) atoms. The first-order valence-corrected chi connectivity index (χ1v) is 13.3. The number of hydrogen-bond donors (Lipinski definition) is 2. The van der Waals surface area contributed by atoms with Crippen molar-refractivity contribution in [1.29, 1.82) is 0 Å². The summed E-state index contributed by atoms with van der Waals surface area (Å²) in [5, 5.41) is 3.68. The lowest BCUT2D eigenvalue weighted by Gasteiger charge is -2.21. The van der Waals surface area contributed by atoms with E-state index in [0.717, 1.165) is 6.42 Å². The van der Waals surface area contributed by atoms with Gasteiger partial charge in [0, 0.05) is 31.1 Å². The standard InChI is InChI=1S/C29H23F2N5O5/c1-14-9-17-13-35(14)7-8-36-28(38)19-4-2-3-18(24(19)34-36)25-27(37)32-20-10-16(12-23(39-17)26(20)33-25)15-5-6-21-22(11-15)41-29(30,31)40-21/h2-6,10-12,14,17,34H,7-9,13H2,1H3,(H,32,37)/t14-,17?/m1/s1. The third-order valence-corrected chi connectivity index (χ3v) is 8.11. The molecule has 2 aromatic heterocycles. The molecule has 3 aliphatic heterocycles. The molecule has 2 unspecified atom stereocenters. The predicted octanol–water partition coefficient (Wildman–Crippen LogP) is 4.08. The SMILES string of the molecule is C[C@@H]1CC2CN1CCn1[nH]c3c(cccc3c1=O)-c1nc3c(cc(-c4ccc5c(c4)OC(F)(F)O5)cc3[nH]c1=O)O2. The fraction of sp³-hybridized carbons (Fsp3) is 0.276. The average molecular weight is 560 g/mol. The van der Waals surface area contributed by atoms with Crippen LogP contribution in [0.1, 0.15) is 13.3 Å². The Labute approximate surface area is 230 Å². The van der Waals surface area contributed by atoms with E-state index in [4.69, 9.17) is 9.72 Å². The molecular weight excluding hydrogens is 536 g/mol. The second-order valence-electron chi connectivity index (χ2n) is 10.7. The molecule has 5 aromatic rings. The van der Waals surface area contributed by atoms with E-state index < -0.39 is 11.9 Å². The van der Waals surface area contributed by atoms with Gasteiger partial charge in [-0.2, -0.15) is 0 Å². The molecule has 0 saturated carbocycles. The summed E-state index contributed by atoms with van der Waals surface area (Å²) in [6.45, 7) is 3.86. The number of ether oxygens (including phenoxy) is 3. The summed E-state index contributed by atoms with van der Waals surface area (Å²) < 4.78 is 44.6. The summed E-state index contributed by atoms with van der Waals surface area (Å²) in [5.41, 5.74) is 2.64. The summed E-state index contributed by atoms with van der Waals surface area (Å²) in [6, 6.07) is 13.5. The van der Waals surface area contributed by atoms with Gasteiger partial charge in [-0.25, -0.2) is 4.98 Å². The van der Waals surface area contributed by atoms with Crippen molar-refractivity contribution in [2.45, 2.75) is 38.3 Å². The Bertz CT molecular complexity index is 2020. The lowest BCUT2D eigenvalue weighted by atomic mass is 10.0. The monoisotopic (exact) mass is 559 g/mol. The highest BCUT2D eigenvalue weighted by atomic mass is 19.3. The quantitative estimate of drug-likeness (QED) is 0.318. The van der Waals surface area contributed by atoms with E-state index >= 15 is 0 Å². The van der Waals surface area contributed by atoms with Crippen LogP contribution in [-0.4, -0.2) is 56.2 Å². The molecule has 3 aromatic carbocycles. The summed E-state index contributed by atoms with van der Waals surface area (Å²) in [4.78, 5) is 36.6. The molecule has 0 aliphatic carbocycles. The molecule has 12 heteroatoms. The first-order valence-electron chi connectivity index (χ1n) is 13.3. The summed E-state index contributed by atoms with van der Waals surface area (Å²) >= 11 is 0. The molecule has 0 spiro atoms. The molecule has 208 valence electrons. The van der Waals surface area contributed by atoms with Gasteiger partial charge in [0.2, 0.25) is 0 Å². The van der Waals surface area contributed by atoms with Gasteiger partial charge < -0.3 is 19.2 Å². The van der Waals surface area contributed by atoms with Crippen LogP contribution in [-0.2, 0) is 6.54 Å². The van der Waals surface area contributed by atoms with Gasteiger partial charge in [-0.05, 0) is 48.4 Å². The first-order chi connectivity index (χ1) is 19.7. The van der Waals surface area contributed by atoms with Crippen LogP contribution in [0.3, 0.4) is 0 Å². The van der Waals surface area contributed by atoms with Gasteiger partial charge in [-0.3, -0.25) is 24.3 Å². The molecule has 5 heterocycles. The number of halogens is 2. The summed E-state index contributed by atoms with van der Waals surface area (Å²) in [6.07, 6.45) is -3.14. The minimum absolute atomic E-state index is 0.0572. The summed E-state index contributed by atoms with van der Waals surface area (Å²) in [7, 11) is 0. The van der Waals surface area contributed by atoms with Crippen molar-refractivity contribution >= 4 is 21.9 Å². The first kappa shape index (κ1) is 24.1. The third-order valence-electron chi connectivity index (χ3n) is 8.11. The fourth-order valence-electron chi connectivity index (χ4n) is 6.12. The lowest BCUT2D eigenvalue weighted by Crippen LogP contribution is -2.33. The minimum Gasteiger partial charge on any atom is -0.487 e. The number of nitrogens with zero attached hydrogens (tertiary/aromatic N) is 3. The minimum atomic E-state index is -3.73. The number of nitrogens with one attached hydrogen (secondary N) is 2. The maximum absolute atomic E-state index is 13.7. The Morgan fingerprint density at radius 3 is 2.71 bits per heavy atom. The molecule has 1 fully saturated rings. The molecule has 1 saturated heterocycles. The zero-order valence-corrected chi connectivity index (χ0v) is 21.7. The van der Waals surface area contributed by atoms with Crippen LogP contribution in [0.2, 0.25) is 0 Å². The zero-order valence-electron chi connectivity index (χ0n) is 21.7. The van der Waals surface area contributed by atoms with Crippen molar-refractivity contribution in [3.63, 3.8) is 0 Å². The number of para-hydroxylation sites is 1. The van der Waals surface area contributed by atoms with Crippen LogP contribution < -0.4 is 25.3 Å². The Morgan fingerprint density at radius 1 is 1.00 bits per heavy atom. The van der Waals surface area contributed by atoms with E-state index in [2.05, 4.69) is 31.4 Å². The molecular formula is C29H23F2N5O5. The van der Waals surface area contributed by atoms with Gasteiger partial charge in [0.15, 0.2) is 11.5 Å². The number of aromatic nitrogens is 4. The van der Waals surface area contributed by atoms with Gasteiger partial charge in [0.05, 0.1) is 23.0 Å². The van der Waals surface area contributed by atoms with Gasteiger partial charge in [-0.1, -0.05) is 18.2 Å². The van der Waals surface area contributed by atoms with Crippen LogP contribution in [0, 0.1) is 0 Å². The number of rotatable bonds is 1. The Morgan fingerprint density at radius 2 is 1.83 bits per heavy atom. The van der Waals surface area contributed by atoms with E-state index in [1.807, 2.05) is 0 Å². The Hall–Kier alpha value is -4.71. The molecule has 3 aliphatic rings. The topological polar surface area (TPSA) is 114 Å². The maximum Gasteiger partial charge on any atom is 0.586 e. The molecule has 3 atom stereocenters. The van der Waals surface area contributed by atoms with Gasteiger partial charge >= 0.3 is 6.29 Å². The molecule has 0 amide bonds. The number of aromatic amines is 2. The van der Waals surface area contributed by atoms with Crippen molar-refractivity contribution in [2.75, 3.05) is 13.1 Å². The van der Waals surface area contributed by atoms with Crippen LogP contribution >= 0.6 is 0 Å². The van der Waals surface area contributed by atoms with Crippen molar-refractivity contribution in [3.8, 4) is 39.6 Å².